The molecule has 0 atom stereocenters. The number of carbonyl (C=O) groups excluding carboxylic acids is 4. The van der Waals surface area contributed by atoms with Gasteiger partial charge in [0.25, 0.3) is 11.1 Å². The van der Waals surface area contributed by atoms with Crippen LogP contribution in [0.2, 0.25) is 10.0 Å². The Morgan fingerprint density at radius 1 is 1.09 bits per heavy atom. The summed E-state index contributed by atoms with van der Waals surface area (Å²) in [5.74, 6) is -1.58. The summed E-state index contributed by atoms with van der Waals surface area (Å²) in [7, 11) is 0. The summed E-state index contributed by atoms with van der Waals surface area (Å²) in [6, 6.07) is 8.40. The lowest BCUT2D eigenvalue weighted by Gasteiger charge is -2.13. The number of imide groups is 1. The number of nitrogens with one attached hydrogen (secondary N) is 1. The molecule has 2 aromatic rings. The van der Waals surface area contributed by atoms with E-state index in [9.17, 15) is 19.2 Å². The molecule has 0 saturated carbocycles. The molecule has 11 heteroatoms. The lowest BCUT2D eigenvalue weighted by molar-refractivity contribution is -0.145. The summed E-state index contributed by atoms with van der Waals surface area (Å²) in [4.78, 5) is 50.1. The van der Waals surface area contributed by atoms with Gasteiger partial charge < -0.3 is 14.8 Å². The van der Waals surface area contributed by atoms with Gasteiger partial charge in [-0.05, 0) is 79.6 Å². The van der Waals surface area contributed by atoms with E-state index in [4.69, 9.17) is 32.7 Å². The Morgan fingerprint density at radius 3 is 2.40 bits per heavy atom. The van der Waals surface area contributed by atoms with Crippen LogP contribution < -0.4 is 10.1 Å². The largest absolute Gasteiger partial charge is 0.479 e. The zero-order valence-corrected chi connectivity index (χ0v) is 21.5. The molecule has 0 unspecified atom stereocenters. The minimum absolute atomic E-state index is 0.0923. The van der Waals surface area contributed by atoms with E-state index in [-0.39, 0.29) is 33.9 Å². The van der Waals surface area contributed by atoms with Crippen LogP contribution >= 0.6 is 35.0 Å². The second-order valence-corrected chi connectivity index (χ2v) is 9.33. The van der Waals surface area contributed by atoms with E-state index in [1.165, 1.54) is 18.2 Å². The van der Waals surface area contributed by atoms with Crippen molar-refractivity contribution in [2.24, 2.45) is 0 Å². The Bertz CT molecular complexity index is 1210. The first kappa shape index (κ1) is 26.6. The standard InChI is InChI=1S/C24H22Cl2N2O6S/c1-4-33-21(30)12-34-22-17(25)8-15(9-18(22)26)10-19-23(31)28(24(32)35-19)11-20(29)27-16-6-5-13(2)14(3)7-16/h5-10H,4,11-12H2,1-3H3,(H,27,29)/b19-10-. The summed E-state index contributed by atoms with van der Waals surface area (Å²) in [6.07, 6.45) is 1.44. The van der Waals surface area contributed by atoms with E-state index < -0.39 is 29.6 Å². The van der Waals surface area contributed by atoms with Crippen LogP contribution in [-0.2, 0) is 19.1 Å². The molecule has 3 amide bonds. The third kappa shape index (κ3) is 6.78. The summed E-state index contributed by atoms with van der Waals surface area (Å²) < 4.78 is 10.1. The molecule has 1 aliphatic heterocycles. The first-order chi connectivity index (χ1) is 16.6. The molecule has 0 radical (unpaired) electrons. The number of esters is 1. The van der Waals surface area contributed by atoms with Crippen molar-refractivity contribution in [1.82, 2.24) is 4.90 Å². The van der Waals surface area contributed by atoms with Gasteiger partial charge in [-0.25, -0.2) is 4.79 Å². The van der Waals surface area contributed by atoms with Crippen molar-refractivity contribution in [3.63, 3.8) is 0 Å². The molecular weight excluding hydrogens is 515 g/mol. The number of thioether (sulfide) groups is 1. The fourth-order valence-electron chi connectivity index (χ4n) is 3.09. The summed E-state index contributed by atoms with van der Waals surface area (Å²) in [5, 5.41) is 2.35. The fourth-order valence-corrected chi connectivity index (χ4v) is 4.54. The molecule has 1 aliphatic rings. The average molecular weight is 537 g/mol. The number of aryl methyl sites for hydroxylation is 2. The molecule has 1 fully saturated rings. The third-order valence-electron chi connectivity index (χ3n) is 4.92. The van der Waals surface area contributed by atoms with Crippen molar-refractivity contribution >= 4 is 69.8 Å². The van der Waals surface area contributed by atoms with Crippen molar-refractivity contribution in [2.45, 2.75) is 20.8 Å². The molecule has 1 N–H and O–H groups in total. The normalized spacial score (nSPS) is 14.4. The smallest absolute Gasteiger partial charge is 0.344 e. The van der Waals surface area contributed by atoms with Crippen LogP contribution in [0.3, 0.4) is 0 Å². The SMILES string of the molecule is CCOC(=O)COc1c(Cl)cc(/C=C2\SC(=O)N(CC(=O)Nc3ccc(C)c(C)c3)C2=O)cc1Cl. The Balaban J connectivity index is 1.69. The maximum atomic E-state index is 12.8. The van der Waals surface area contributed by atoms with Gasteiger partial charge in [0.2, 0.25) is 5.91 Å². The maximum Gasteiger partial charge on any atom is 0.344 e. The number of benzene rings is 2. The van der Waals surface area contributed by atoms with Crippen molar-refractivity contribution in [3.05, 3.63) is 62.0 Å². The number of nitrogens with zero attached hydrogens (tertiary/aromatic N) is 1. The van der Waals surface area contributed by atoms with Crippen molar-refractivity contribution in [1.29, 1.82) is 0 Å². The monoisotopic (exact) mass is 536 g/mol. The maximum absolute atomic E-state index is 12.8. The Hall–Kier alpha value is -3.01. The van der Waals surface area contributed by atoms with Crippen LogP contribution in [-0.4, -0.2) is 47.7 Å². The van der Waals surface area contributed by atoms with Gasteiger partial charge in [-0.15, -0.1) is 0 Å². The molecule has 0 aromatic heterocycles. The fraction of sp³-hybridized carbons (Fsp3) is 0.250. The predicted molar refractivity (Wildman–Crippen MR) is 136 cm³/mol. The van der Waals surface area contributed by atoms with E-state index >= 15 is 0 Å². The molecule has 184 valence electrons. The van der Waals surface area contributed by atoms with Crippen LogP contribution in [0.15, 0.2) is 35.2 Å². The first-order valence-corrected chi connectivity index (χ1v) is 12.1. The molecule has 0 bridgehead atoms. The second-order valence-electron chi connectivity index (χ2n) is 7.52. The van der Waals surface area contributed by atoms with Crippen LogP contribution in [0.25, 0.3) is 6.08 Å². The van der Waals surface area contributed by atoms with E-state index in [2.05, 4.69) is 5.32 Å². The molecule has 2 aromatic carbocycles. The highest BCUT2D eigenvalue weighted by Crippen LogP contribution is 2.37. The molecule has 0 spiro atoms. The number of rotatable bonds is 8. The van der Waals surface area contributed by atoms with Gasteiger partial charge in [-0.2, -0.15) is 0 Å². The molecule has 3 rings (SSSR count). The van der Waals surface area contributed by atoms with Crippen LogP contribution in [0, 0.1) is 13.8 Å². The average Bonchev–Trinajstić information content (AvgIpc) is 3.03. The minimum Gasteiger partial charge on any atom is -0.479 e. The summed E-state index contributed by atoms with van der Waals surface area (Å²) >= 11 is 13.2. The lowest BCUT2D eigenvalue weighted by Crippen LogP contribution is -2.36. The molecule has 1 heterocycles. The van der Waals surface area contributed by atoms with E-state index in [0.29, 0.717) is 23.0 Å². The quantitative estimate of drug-likeness (QED) is 0.364. The molecule has 1 saturated heterocycles. The van der Waals surface area contributed by atoms with Gasteiger partial charge in [0.15, 0.2) is 12.4 Å². The number of hydrogen-bond donors (Lipinski definition) is 1. The van der Waals surface area contributed by atoms with Crippen molar-refractivity contribution in [2.75, 3.05) is 25.1 Å². The molecular formula is C24H22Cl2N2O6S. The highest BCUT2D eigenvalue weighted by atomic mass is 35.5. The zero-order valence-electron chi connectivity index (χ0n) is 19.1. The Labute approximate surface area is 216 Å². The van der Waals surface area contributed by atoms with Gasteiger partial charge in [0.1, 0.15) is 6.54 Å². The predicted octanol–water partition coefficient (Wildman–Crippen LogP) is 5.23. The van der Waals surface area contributed by atoms with E-state index in [1.807, 2.05) is 26.0 Å². The first-order valence-electron chi connectivity index (χ1n) is 10.5. The van der Waals surface area contributed by atoms with Crippen LogP contribution in [0.5, 0.6) is 5.75 Å². The number of halogens is 2. The zero-order chi connectivity index (χ0) is 25.7. The summed E-state index contributed by atoms with van der Waals surface area (Å²) in [6.45, 7) is 4.98. The number of amides is 3. The number of anilines is 1. The van der Waals surface area contributed by atoms with Gasteiger partial charge in [0, 0.05) is 5.69 Å². The second kappa shape index (κ2) is 11.6. The molecule has 35 heavy (non-hydrogen) atoms. The number of ether oxygens (including phenoxy) is 2. The highest BCUT2D eigenvalue weighted by molar-refractivity contribution is 8.18. The molecule has 0 aliphatic carbocycles. The minimum atomic E-state index is -0.606. The van der Waals surface area contributed by atoms with Gasteiger partial charge in [-0.1, -0.05) is 29.3 Å². The van der Waals surface area contributed by atoms with Crippen molar-refractivity contribution in [3.8, 4) is 5.75 Å². The van der Waals surface area contributed by atoms with Gasteiger partial charge in [0.05, 0.1) is 21.6 Å². The Morgan fingerprint density at radius 2 is 1.77 bits per heavy atom. The topological polar surface area (TPSA) is 102 Å². The van der Waals surface area contributed by atoms with E-state index in [1.54, 1.807) is 13.0 Å². The summed E-state index contributed by atoms with van der Waals surface area (Å²) in [5.41, 5.74) is 3.10. The lowest BCUT2D eigenvalue weighted by atomic mass is 10.1. The van der Waals surface area contributed by atoms with Gasteiger partial charge >= 0.3 is 5.97 Å². The molecule has 8 nitrogen and oxygen atoms in total. The number of carbonyl (C=O) groups is 4. The van der Waals surface area contributed by atoms with Crippen LogP contribution in [0.4, 0.5) is 10.5 Å². The van der Waals surface area contributed by atoms with Gasteiger partial charge in [-0.3, -0.25) is 19.3 Å². The van der Waals surface area contributed by atoms with Crippen molar-refractivity contribution < 1.29 is 28.7 Å². The number of hydrogen-bond acceptors (Lipinski definition) is 7. The Kier molecular flexibility index (Phi) is 8.82. The highest BCUT2D eigenvalue weighted by Gasteiger charge is 2.36. The third-order valence-corrected chi connectivity index (χ3v) is 6.39. The van der Waals surface area contributed by atoms with E-state index in [0.717, 1.165) is 16.0 Å². The van der Waals surface area contributed by atoms with Crippen LogP contribution in [0.1, 0.15) is 23.6 Å².